The van der Waals surface area contributed by atoms with Crippen molar-refractivity contribution < 1.29 is 42.7 Å². The Balaban J connectivity index is 0.00000300. The van der Waals surface area contributed by atoms with Crippen molar-refractivity contribution in [1.82, 2.24) is 25.7 Å². The number of phosphoric ester groups is 1. The topological polar surface area (TPSA) is 293 Å². The lowest BCUT2D eigenvalue weighted by molar-refractivity contribution is -0.0501. The van der Waals surface area contributed by atoms with Crippen LogP contribution in [0.2, 0.25) is 0 Å². The van der Waals surface area contributed by atoms with Gasteiger partial charge in [-0.25, -0.2) is 19.6 Å². The number of hydrogen-bond acceptors (Lipinski definition) is 12. The lowest BCUT2D eigenvalue weighted by Gasteiger charge is -2.18. The van der Waals surface area contributed by atoms with E-state index in [4.69, 9.17) is 15.4 Å². The Bertz CT molecular complexity index is 1040. The van der Waals surface area contributed by atoms with E-state index >= 15 is 0 Å². The van der Waals surface area contributed by atoms with Crippen LogP contribution in [0.25, 0.3) is 11.2 Å². The molecule has 0 bridgehead atoms. The standard InChI is InChI=1S/C10H16N6O10P2.H3N/c11-10-14-7-4(8(19)15-10)13-2-16(7)9-6(18)5(17)3(25-9)1-24-28(22,23)26-27(12,20)21;/h2-3,5-6,9,17-18H,1H2,(H,22,23)(H3,12,20,21)(H3,11,14,15,19);1H3/t3-,5-,6-,9-;/m1./s1. The van der Waals surface area contributed by atoms with E-state index in [9.17, 15) is 29.0 Å². The second kappa shape index (κ2) is 8.17. The number of ether oxygens (including phenoxy) is 1. The average Bonchev–Trinajstić information content (AvgIpc) is 3.06. The maximum absolute atomic E-state index is 11.8. The van der Waals surface area contributed by atoms with Crippen molar-refractivity contribution >= 4 is 32.7 Å². The highest BCUT2D eigenvalue weighted by Gasteiger charge is 2.45. The number of aliphatic hydroxyl groups is 2. The smallest absolute Gasteiger partial charge is 0.387 e. The maximum atomic E-state index is 11.8. The number of anilines is 1. The third kappa shape index (κ3) is 5.06. The number of nitrogens with one attached hydrogen (secondary N) is 1. The zero-order valence-corrected chi connectivity index (χ0v) is 16.2. The van der Waals surface area contributed by atoms with E-state index in [0.717, 1.165) is 10.9 Å². The molecule has 3 heterocycles. The lowest BCUT2D eigenvalue weighted by Crippen LogP contribution is -2.33. The first-order chi connectivity index (χ1) is 12.9. The molecule has 17 nitrogen and oxygen atoms in total. The van der Waals surface area contributed by atoms with Gasteiger partial charge in [0.2, 0.25) is 5.95 Å². The molecule has 29 heavy (non-hydrogen) atoms. The Kier molecular flexibility index (Phi) is 6.63. The molecule has 19 heteroatoms. The zero-order valence-electron chi connectivity index (χ0n) is 14.4. The van der Waals surface area contributed by atoms with Crippen LogP contribution >= 0.6 is 15.6 Å². The van der Waals surface area contributed by atoms with Crippen LogP contribution in [0, 0.1) is 0 Å². The van der Waals surface area contributed by atoms with E-state index in [1.807, 2.05) is 0 Å². The van der Waals surface area contributed by atoms with Crippen molar-refractivity contribution in [3.8, 4) is 0 Å². The summed E-state index contributed by atoms with van der Waals surface area (Å²) in [6.45, 7) is -0.814. The van der Waals surface area contributed by atoms with Crippen LogP contribution in [0.5, 0.6) is 0 Å². The quantitative estimate of drug-likeness (QED) is 0.210. The fraction of sp³-hybridized carbons (Fsp3) is 0.500. The summed E-state index contributed by atoms with van der Waals surface area (Å²) in [5, 5.41) is 20.3. The molecule has 12 N–H and O–H groups in total. The first-order valence-electron chi connectivity index (χ1n) is 7.42. The van der Waals surface area contributed by atoms with Crippen LogP contribution in [0.1, 0.15) is 6.23 Å². The molecule has 2 aromatic heterocycles. The molecule has 0 spiro atoms. The van der Waals surface area contributed by atoms with Crippen LogP contribution in [-0.4, -0.2) is 64.4 Å². The molecule has 1 aliphatic heterocycles. The molecule has 6 atom stereocenters. The second-order valence-electron chi connectivity index (χ2n) is 5.73. The summed E-state index contributed by atoms with van der Waals surface area (Å²) in [4.78, 5) is 39.9. The summed E-state index contributed by atoms with van der Waals surface area (Å²) in [5.74, 6) is -0.222. The maximum Gasteiger partial charge on any atom is 0.480 e. The SMILES string of the molecule is N.Nc1nc2c(ncn2[C@@H]2O[C@H](COP(=O)(O)OP(N)(=O)O)[C@@H](O)[C@H]2O)c(=O)[nH]1. The number of imidazole rings is 1. The zero-order chi connectivity index (χ0) is 20.9. The van der Waals surface area contributed by atoms with E-state index in [-0.39, 0.29) is 23.3 Å². The average molecular weight is 459 g/mol. The molecular formula is C10H19N7O10P2. The minimum Gasteiger partial charge on any atom is -0.387 e. The minimum absolute atomic E-state index is 0. The van der Waals surface area contributed by atoms with Gasteiger partial charge in [0.15, 0.2) is 17.4 Å². The van der Waals surface area contributed by atoms with Gasteiger partial charge in [-0.05, 0) is 0 Å². The summed E-state index contributed by atoms with van der Waals surface area (Å²) in [7, 11) is -9.87. The number of aromatic nitrogens is 4. The minimum atomic E-state index is -5.05. The van der Waals surface area contributed by atoms with Crippen LogP contribution in [-0.2, 0) is 22.7 Å². The normalized spacial score (nSPS) is 28.6. The molecule has 1 saturated heterocycles. The Morgan fingerprint density at radius 2 is 1.97 bits per heavy atom. The summed E-state index contributed by atoms with van der Waals surface area (Å²) in [6.07, 6.45) is -4.74. The number of nitrogens with two attached hydrogens (primary N) is 2. The lowest BCUT2D eigenvalue weighted by atomic mass is 10.1. The second-order valence-corrected chi connectivity index (χ2v) is 8.71. The third-order valence-corrected chi connectivity index (χ3v) is 5.92. The molecular weight excluding hydrogens is 440 g/mol. The largest absolute Gasteiger partial charge is 0.480 e. The van der Waals surface area contributed by atoms with Crippen molar-refractivity contribution in [3.63, 3.8) is 0 Å². The van der Waals surface area contributed by atoms with Crippen molar-refractivity contribution in [2.45, 2.75) is 24.5 Å². The van der Waals surface area contributed by atoms with Gasteiger partial charge >= 0.3 is 15.6 Å². The van der Waals surface area contributed by atoms with Gasteiger partial charge in [-0.3, -0.25) is 18.9 Å². The number of aliphatic hydroxyl groups excluding tert-OH is 2. The van der Waals surface area contributed by atoms with Gasteiger partial charge in [0.1, 0.15) is 18.3 Å². The molecule has 0 radical (unpaired) electrons. The van der Waals surface area contributed by atoms with Crippen LogP contribution in [0.4, 0.5) is 5.95 Å². The highest BCUT2D eigenvalue weighted by atomic mass is 31.3. The molecule has 2 unspecified atom stereocenters. The Morgan fingerprint density at radius 1 is 1.31 bits per heavy atom. The van der Waals surface area contributed by atoms with Gasteiger partial charge in [0.25, 0.3) is 5.56 Å². The molecule has 1 aliphatic rings. The van der Waals surface area contributed by atoms with Crippen LogP contribution < -0.4 is 22.9 Å². The van der Waals surface area contributed by atoms with Gasteiger partial charge in [0, 0.05) is 0 Å². The van der Waals surface area contributed by atoms with Crippen molar-refractivity contribution in [2.24, 2.45) is 5.50 Å². The predicted octanol–water partition coefficient (Wildman–Crippen LogP) is -2.32. The molecule has 2 aromatic rings. The molecule has 3 rings (SSSR count). The fourth-order valence-corrected chi connectivity index (χ4v) is 4.27. The van der Waals surface area contributed by atoms with Crippen molar-refractivity contribution in [3.05, 3.63) is 16.7 Å². The van der Waals surface area contributed by atoms with Gasteiger partial charge in [-0.1, -0.05) is 0 Å². The Hall–Kier alpha value is -1.75. The van der Waals surface area contributed by atoms with Crippen LogP contribution in [0.15, 0.2) is 11.1 Å². The van der Waals surface area contributed by atoms with Gasteiger partial charge < -0.3 is 36.6 Å². The highest BCUT2D eigenvalue weighted by molar-refractivity contribution is 7.62. The highest BCUT2D eigenvalue weighted by Crippen LogP contribution is 2.56. The van der Waals surface area contributed by atoms with E-state index < -0.39 is 52.3 Å². The molecule has 0 saturated carbocycles. The first-order valence-corrected chi connectivity index (χ1v) is 10.6. The van der Waals surface area contributed by atoms with Gasteiger partial charge in [-0.15, -0.1) is 0 Å². The third-order valence-electron chi connectivity index (χ3n) is 3.68. The van der Waals surface area contributed by atoms with E-state index in [1.54, 1.807) is 0 Å². The number of nitrogens with zero attached hydrogens (tertiary/aromatic N) is 3. The number of fused-ring (bicyclic) bond motifs is 1. The number of hydrogen-bond donors (Lipinski definition) is 8. The Labute approximate surface area is 161 Å². The summed E-state index contributed by atoms with van der Waals surface area (Å²) in [5.41, 5.74) is 9.32. The number of phosphoric acid groups is 1. The summed E-state index contributed by atoms with van der Waals surface area (Å²) in [6, 6.07) is 0. The van der Waals surface area contributed by atoms with E-state index in [1.165, 1.54) is 0 Å². The monoisotopic (exact) mass is 459 g/mol. The van der Waals surface area contributed by atoms with Gasteiger partial charge in [0.05, 0.1) is 12.9 Å². The molecule has 0 aliphatic carbocycles. The molecule has 0 aromatic carbocycles. The number of aromatic amines is 1. The molecule has 0 amide bonds. The van der Waals surface area contributed by atoms with Crippen LogP contribution in [0.3, 0.4) is 0 Å². The van der Waals surface area contributed by atoms with E-state index in [2.05, 4.69) is 29.3 Å². The first kappa shape index (κ1) is 23.5. The summed E-state index contributed by atoms with van der Waals surface area (Å²) >= 11 is 0. The van der Waals surface area contributed by atoms with Crippen molar-refractivity contribution in [1.29, 1.82) is 0 Å². The molecule has 164 valence electrons. The van der Waals surface area contributed by atoms with E-state index in [0.29, 0.717) is 0 Å². The fourth-order valence-electron chi connectivity index (χ4n) is 2.57. The van der Waals surface area contributed by atoms with Gasteiger partial charge in [-0.2, -0.15) is 9.29 Å². The summed E-state index contributed by atoms with van der Waals surface area (Å²) < 4.78 is 37.2. The van der Waals surface area contributed by atoms with Crippen molar-refractivity contribution in [2.75, 3.05) is 12.3 Å². The Morgan fingerprint density at radius 3 is 2.59 bits per heavy atom. The number of H-pyrrole nitrogens is 1. The molecule has 1 fully saturated rings. The predicted molar refractivity (Wildman–Crippen MR) is 94.4 cm³/mol. The number of nitrogen functional groups attached to an aromatic ring is 1. The number of rotatable bonds is 6.